The molecule has 4 heteroatoms. The summed E-state index contributed by atoms with van der Waals surface area (Å²) in [5.41, 5.74) is 0. The second-order valence-corrected chi connectivity index (χ2v) is 3.32. The van der Waals surface area contributed by atoms with E-state index in [4.69, 9.17) is 0 Å². The summed E-state index contributed by atoms with van der Waals surface area (Å²) in [5.74, 6) is 0.481. The van der Waals surface area contributed by atoms with Crippen molar-refractivity contribution < 1.29 is 5.11 Å². The Hall–Kier alpha value is -1.16. The largest absolute Gasteiger partial charge is 0.391 e. The van der Waals surface area contributed by atoms with Crippen molar-refractivity contribution in [1.29, 1.82) is 0 Å². The van der Waals surface area contributed by atoms with Crippen molar-refractivity contribution in [3.63, 3.8) is 0 Å². The zero-order valence-electron chi connectivity index (χ0n) is 8.48. The minimum absolute atomic E-state index is 0.0201. The molecular formula is C10H17N3O. The van der Waals surface area contributed by atoms with E-state index >= 15 is 0 Å². The van der Waals surface area contributed by atoms with Crippen LogP contribution in [0.1, 0.15) is 26.2 Å². The molecule has 0 radical (unpaired) electrons. The summed E-state index contributed by atoms with van der Waals surface area (Å²) in [7, 11) is 0. The average Bonchev–Trinajstić information content (AvgIpc) is 2.59. The van der Waals surface area contributed by atoms with E-state index in [0.717, 1.165) is 19.3 Å². The Balaban J connectivity index is 2.57. The van der Waals surface area contributed by atoms with Crippen LogP contribution in [0.25, 0.3) is 0 Å². The molecule has 2 N–H and O–H groups in total. The van der Waals surface area contributed by atoms with E-state index in [-0.39, 0.29) is 12.1 Å². The van der Waals surface area contributed by atoms with E-state index in [9.17, 15) is 5.11 Å². The van der Waals surface area contributed by atoms with Gasteiger partial charge in [-0.25, -0.2) is 9.98 Å². The van der Waals surface area contributed by atoms with Crippen LogP contribution in [-0.2, 0) is 0 Å². The minimum Gasteiger partial charge on any atom is -0.391 e. The van der Waals surface area contributed by atoms with Gasteiger partial charge in [-0.15, -0.1) is 0 Å². The van der Waals surface area contributed by atoms with E-state index in [1.54, 1.807) is 6.20 Å². The second kappa shape index (κ2) is 5.54. The lowest BCUT2D eigenvalue weighted by Gasteiger charge is -2.09. The maximum atomic E-state index is 9.54. The molecule has 14 heavy (non-hydrogen) atoms. The van der Waals surface area contributed by atoms with Crippen molar-refractivity contribution >= 4 is 12.7 Å². The predicted molar refractivity (Wildman–Crippen MR) is 58.6 cm³/mol. The number of aliphatic hydroxyl groups is 1. The molecule has 1 saturated carbocycles. The molecule has 0 heterocycles. The fraction of sp³-hybridized carbons (Fsp3) is 0.600. The first-order chi connectivity index (χ1) is 6.77. The molecule has 2 unspecified atom stereocenters. The Bertz CT molecular complexity index is 248. The van der Waals surface area contributed by atoms with Crippen molar-refractivity contribution in [2.24, 2.45) is 9.98 Å². The lowest BCUT2D eigenvalue weighted by molar-refractivity contribution is 0.166. The summed E-state index contributed by atoms with van der Waals surface area (Å²) in [6.45, 7) is 5.32. The monoisotopic (exact) mass is 195 g/mol. The van der Waals surface area contributed by atoms with Crippen LogP contribution in [0.5, 0.6) is 0 Å². The number of nitrogens with zero attached hydrogens (tertiary/aromatic N) is 2. The number of rotatable bonds is 2. The first-order valence-electron chi connectivity index (χ1n) is 4.88. The summed E-state index contributed by atoms with van der Waals surface area (Å²) in [6.07, 6.45) is 6.07. The van der Waals surface area contributed by atoms with Gasteiger partial charge in [0.2, 0.25) is 5.96 Å². The molecule has 1 fully saturated rings. The highest BCUT2D eigenvalue weighted by atomic mass is 16.3. The number of hydrogen-bond donors (Lipinski definition) is 2. The molecular weight excluding hydrogens is 178 g/mol. The number of nitrogens with one attached hydrogen (secondary N) is 1. The molecule has 78 valence electrons. The van der Waals surface area contributed by atoms with Gasteiger partial charge < -0.3 is 10.4 Å². The minimum atomic E-state index is -0.320. The normalized spacial score (nSPS) is 28.3. The first kappa shape index (κ1) is 10.9. The number of guanidine groups is 1. The van der Waals surface area contributed by atoms with E-state index in [1.807, 2.05) is 13.0 Å². The highest BCUT2D eigenvalue weighted by Gasteiger charge is 2.24. The molecule has 1 aliphatic carbocycles. The highest BCUT2D eigenvalue weighted by molar-refractivity contribution is 5.85. The maximum Gasteiger partial charge on any atom is 0.221 e. The van der Waals surface area contributed by atoms with E-state index in [1.165, 1.54) is 0 Å². The smallest absolute Gasteiger partial charge is 0.221 e. The van der Waals surface area contributed by atoms with Crippen LogP contribution in [0.4, 0.5) is 0 Å². The van der Waals surface area contributed by atoms with Crippen molar-refractivity contribution in [2.45, 2.75) is 38.3 Å². The maximum absolute atomic E-state index is 9.54. The summed E-state index contributed by atoms with van der Waals surface area (Å²) >= 11 is 0. The Kier molecular flexibility index (Phi) is 4.32. The Labute approximate surface area is 84.5 Å². The summed E-state index contributed by atoms with van der Waals surface area (Å²) in [4.78, 5) is 8.04. The third-order valence-corrected chi connectivity index (χ3v) is 2.26. The molecule has 1 rings (SSSR count). The van der Waals surface area contributed by atoms with Gasteiger partial charge >= 0.3 is 0 Å². The summed E-state index contributed by atoms with van der Waals surface area (Å²) in [5, 5.41) is 12.4. The molecule has 0 aliphatic heterocycles. The van der Waals surface area contributed by atoms with Crippen molar-refractivity contribution in [1.82, 2.24) is 5.32 Å². The van der Waals surface area contributed by atoms with Crippen molar-refractivity contribution in [3.8, 4) is 0 Å². The molecule has 0 spiro atoms. The average molecular weight is 195 g/mol. The molecule has 4 nitrogen and oxygen atoms in total. The zero-order chi connectivity index (χ0) is 10.4. The van der Waals surface area contributed by atoms with E-state index in [0.29, 0.717) is 5.96 Å². The van der Waals surface area contributed by atoms with Crippen LogP contribution in [0.2, 0.25) is 0 Å². The Morgan fingerprint density at radius 2 is 2.36 bits per heavy atom. The topological polar surface area (TPSA) is 57.0 Å². The molecule has 0 amide bonds. The van der Waals surface area contributed by atoms with Crippen molar-refractivity contribution in [2.75, 3.05) is 0 Å². The van der Waals surface area contributed by atoms with E-state index in [2.05, 4.69) is 22.0 Å². The Morgan fingerprint density at radius 3 is 2.86 bits per heavy atom. The van der Waals surface area contributed by atoms with Crippen LogP contribution in [0.15, 0.2) is 22.3 Å². The van der Waals surface area contributed by atoms with Gasteiger partial charge in [-0.1, -0.05) is 6.08 Å². The third-order valence-electron chi connectivity index (χ3n) is 2.26. The van der Waals surface area contributed by atoms with Crippen LogP contribution in [0, 0.1) is 0 Å². The highest BCUT2D eigenvalue weighted by Crippen LogP contribution is 2.21. The van der Waals surface area contributed by atoms with Gasteiger partial charge in [-0.3, -0.25) is 0 Å². The number of allylic oxidation sites excluding steroid dienone is 1. The lowest BCUT2D eigenvalue weighted by atomic mass is 10.2. The van der Waals surface area contributed by atoms with E-state index < -0.39 is 0 Å². The first-order valence-corrected chi connectivity index (χ1v) is 4.88. The number of aliphatic hydroxyl groups excluding tert-OH is 1. The van der Waals surface area contributed by atoms with Crippen LogP contribution in [-0.4, -0.2) is 29.9 Å². The van der Waals surface area contributed by atoms with Crippen molar-refractivity contribution in [3.05, 3.63) is 12.3 Å². The van der Waals surface area contributed by atoms with Gasteiger partial charge in [0.15, 0.2) is 0 Å². The quantitative estimate of drug-likeness (QED) is 0.511. The standard InChI is InChI=1S/C10H17N3O/c1-3-7-12-10(11-2)13-8-5-4-6-9(8)14/h3,7-9,14H,2,4-6H2,1H3,(H,12,13)/b7-3-. The molecule has 0 bridgehead atoms. The van der Waals surface area contributed by atoms with Crippen LogP contribution >= 0.6 is 0 Å². The van der Waals surface area contributed by atoms with Crippen LogP contribution in [0.3, 0.4) is 0 Å². The molecule has 0 saturated heterocycles. The third kappa shape index (κ3) is 2.96. The lowest BCUT2D eigenvalue weighted by Crippen LogP contribution is -2.23. The molecule has 0 aromatic heterocycles. The SMILES string of the molecule is C=NC(=NC1CCCC1O)N/C=C\C. The van der Waals surface area contributed by atoms with Gasteiger partial charge in [-0.05, 0) is 39.1 Å². The van der Waals surface area contributed by atoms with Crippen LogP contribution < -0.4 is 5.32 Å². The van der Waals surface area contributed by atoms with Gasteiger partial charge in [0.05, 0.1) is 12.1 Å². The number of hydrogen-bond acceptors (Lipinski definition) is 2. The molecule has 0 aromatic carbocycles. The Morgan fingerprint density at radius 1 is 1.57 bits per heavy atom. The van der Waals surface area contributed by atoms with Gasteiger partial charge in [0.1, 0.15) is 0 Å². The second-order valence-electron chi connectivity index (χ2n) is 3.32. The predicted octanol–water partition coefficient (Wildman–Crippen LogP) is 1.08. The number of aliphatic imine (C=N–C) groups is 2. The summed E-state index contributed by atoms with van der Waals surface area (Å²) in [6, 6.07) is -0.0201. The van der Waals surface area contributed by atoms with Gasteiger partial charge in [0, 0.05) is 0 Å². The molecule has 0 aromatic rings. The molecule has 1 aliphatic rings. The fourth-order valence-corrected chi connectivity index (χ4v) is 1.51. The fourth-order valence-electron chi connectivity index (χ4n) is 1.51. The van der Waals surface area contributed by atoms with Gasteiger partial charge in [-0.2, -0.15) is 0 Å². The molecule has 2 atom stereocenters. The summed E-state index contributed by atoms with van der Waals surface area (Å²) < 4.78 is 0. The van der Waals surface area contributed by atoms with Gasteiger partial charge in [0.25, 0.3) is 0 Å². The zero-order valence-corrected chi connectivity index (χ0v) is 8.48.